The van der Waals surface area contributed by atoms with Crippen molar-refractivity contribution in [2.75, 3.05) is 18.4 Å². The molecule has 0 saturated carbocycles. The highest BCUT2D eigenvalue weighted by Crippen LogP contribution is 2.22. The van der Waals surface area contributed by atoms with E-state index in [4.69, 9.17) is 4.76 Å². The van der Waals surface area contributed by atoms with Gasteiger partial charge < -0.3 is 10.1 Å². The summed E-state index contributed by atoms with van der Waals surface area (Å²) in [5.74, 6) is 0. The number of hydrogen-bond acceptors (Lipinski definition) is 5. The van der Waals surface area contributed by atoms with Crippen LogP contribution in [-0.2, 0) is 11.2 Å². The molecular formula is C26H34BN3OS. The van der Waals surface area contributed by atoms with Gasteiger partial charge in [0.2, 0.25) is 0 Å². The smallest absolute Gasteiger partial charge is 0.361 e. The first kappa shape index (κ1) is 24.2. The van der Waals surface area contributed by atoms with Gasteiger partial charge in [0.05, 0.1) is 0 Å². The molecule has 1 aromatic heterocycles. The van der Waals surface area contributed by atoms with Crippen molar-refractivity contribution >= 4 is 33.7 Å². The lowest BCUT2D eigenvalue weighted by atomic mass is 9.69. The van der Waals surface area contributed by atoms with Crippen LogP contribution >= 0.6 is 11.3 Å². The Labute approximate surface area is 197 Å². The topological polar surface area (TPSA) is 46.2 Å². The third kappa shape index (κ3) is 7.06. The number of nitrogens with zero attached hydrogens (tertiary/aromatic N) is 1. The molecule has 0 spiro atoms. The van der Waals surface area contributed by atoms with E-state index in [9.17, 15) is 0 Å². The zero-order valence-electron chi connectivity index (χ0n) is 19.7. The fraction of sp³-hybridized carbons (Fsp3) is 0.346. The minimum Gasteiger partial charge on any atom is -0.361 e. The first-order valence-electron chi connectivity index (χ1n) is 11.5. The molecule has 3 aromatic rings. The van der Waals surface area contributed by atoms with E-state index < -0.39 is 0 Å². The SMILES string of the molecule is CC/C=C(/CCNOB(C)c1sc(NCCc2ccccc2)nc1C)c1ccccc1C. The molecule has 6 heteroatoms. The molecule has 3 rings (SSSR count). The van der Waals surface area contributed by atoms with Gasteiger partial charge in [0.15, 0.2) is 5.13 Å². The molecule has 0 amide bonds. The van der Waals surface area contributed by atoms with Crippen molar-refractivity contribution in [1.82, 2.24) is 10.5 Å². The predicted molar refractivity (Wildman–Crippen MR) is 140 cm³/mol. The lowest BCUT2D eigenvalue weighted by molar-refractivity contribution is 0.205. The van der Waals surface area contributed by atoms with Crippen LogP contribution in [0, 0.1) is 13.8 Å². The van der Waals surface area contributed by atoms with Crippen LogP contribution in [-0.4, -0.2) is 25.0 Å². The van der Waals surface area contributed by atoms with Crippen molar-refractivity contribution in [2.24, 2.45) is 0 Å². The maximum Gasteiger partial charge on any atom is 0.362 e. The van der Waals surface area contributed by atoms with Crippen LogP contribution in [0.1, 0.15) is 42.1 Å². The zero-order valence-corrected chi connectivity index (χ0v) is 20.5. The van der Waals surface area contributed by atoms with Gasteiger partial charge in [-0.15, -0.1) is 11.3 Å². The van der Waals surface area contributed by atoms with Gasteiger partial charge in [-0.1, -0.05) is 74.4 Å². The number of hydrogen-bond donors (Lipinski definition) is 2. The summed E-state index contributed by atoms with van der Waals surface area (Å²) in [7, 11) is 0. The van der Waals surface area contributed by atoms with E-state index >= 15 is 0 Å². The van der Waals surface area contributed by atoms with Gasteiger partial charge in [0, 0.05) is 23.6 Å². The van der Waals surface area contributed by atoms with E-state index in [-0.39, 0.29) is 6.92 Å². The Hall–Kier alpha value is -2.41. The third-order valence-electron chi connectivity index (χ3n) is 5.43. The standard InChI is InChI=1S/C26H34BN3OS/c1-5-11-23(24-15-10-9-12-20(24)2)17-19-29-31-27(4)25-21(3)30-26(32-25)28-18-16-22-13-7-6-8-14-22/h6-15,29H,5,16-19H2,1-4H3,(H,28,30)/b23-11-. The molecule has 2 N–H and O–H groups in total. The van der Waals surface area contributed by atoms with E-state index in [0.29, 0.717) is 0 Å². The van der Waals surface area contributed by atoms with Crippen molar-refractivity contribution in [1.29, 1.82) is 0 Å². The van der Waals surface area contributed by atoms with Crippen LogP contribution in [0.2, 0.25) is 6.82 Å². The van der Waals surface area contributed by atoms with Crippen molar-refractivity contribution in [2.45, 2.75) is 46.9 Å². The monoisotopic (exact) mass is 447 g/mol. The van der Waals surface area contributed by atoms with E-state index in [1.807, 2.05) is 13.0 Å². The summed E-state index contributed by atoms with van der Waals surface area (Å²) >= 11 is 1.68. The van der Waals surface area contributed by atoms with E-state index in [2.05, 4.69) is 91.1 Å². The fourth-order valence-corrected chi connectivity index (χ4v) is 4.74. The molecule has 4 nitrogen and oxygen atoms in total. The highest BCUT2D eigenvalue weighted by Gasteiger charge is 2.20. The molecule has 0 bridgehead atoms. The molecule has 0 radical (unpaired) electrons. The second-order valence-corrected chi connectivity index (χ2v) is 9.02. The highest BCUT2D eigenvalue weighted by molar-refractivity contribution is 7.25. The highest BCUT2D eigenvalue weighted by atomic mass is 32.1. The number of thiazole rings is 1. The van der Waals surface area contributed by atoms with Crippen LogP contribution in [0.15, 0.2) is 60.7 Å². The van der Waals surface area contributed by atoms with Gasteiger partial charge in [0.1, 0.15) is 0 Å². The quantitative estimate of drug-likeness (QED) is 0.214. The van der Waals surface area contributed by atoms with Crippen LogP contribution < -0.4 is 15.6 Å². The second kappa shape index (κ2) is 12.6. The molecular weight excluding hydrogens is 413 g/mol. The van der Waals surface area contributed by atoms with Crippen molar-refractivity contribution in [3.05, 3.63) is 83.1 Å². The summed E-state index contributed by atoms with van der Waals surface area (Å²) in [5, 5.41) is 4.41. The number of benzene rings is 2. The van der Waals surface area contributed by atoms with E-state index in [1.54, 1.807) is 11.3 Å². The molecule has 0 atom stereocenters. The maximum absolute atomic E-state index is 5.96. The van der Waals surface area contributed by atoms with Crippen LogP contribution in [0.5, 0.6) is 0 Å². The number of aryl methyl sites for hydroxylation is 2. The molecule has 32 heavy (non-hydrogen) atoms. The Bertz CT molecular complexity index is 1000. The van der Waals surface area contributed by atoms with Crippen LogP contribution in [0.3, 0.4) is 0 Å². The van der Waals surface area contributed by atoms with Crippen molar-refractivity contribution < 1.29 is 4.76 Å². The number of allylic oxidation sites excluding steroid dienone is 1. The Morgan fingerprint density at radius 1 is 1.06 bits per heavy atom. The number of hydroxylamine groups is 1. The minimum atomic E-state index is -0.0470. The average molecular weight is 447 g/mol. The summed E-state index contributed by atoms with van der Waals surface area (Å²) in [6, 6.07) is 19.1. The van der Waals surface area contributed by atoms with Gasteiger partial charge in [-0.2, -0.15) is 0 Å². The number of anilines is 1. The van der Waals surface area contributed by atoms with Gasteiger partial charge >= 0.3 is 6.92 Å². The van der Waals surface area contributed by atoms with Crippen LogP contribution in [0.4, 0.5) is 5.13 Å². The normalized spacial score (nSPS) is 11.6. The molecule has 1 heterocycles. The fourth-order valence-electron chi connectivity index (χ4n) is 3.77. The molecule has 0 unspecified atom stereocenters. The lowest BCUT2D eigenvalue weighted by Gasteiger charge is -2.13. The van der Waals surface area contributed by atoms with Crippen molar-refractivity contribution in [3.8, 4) is 0 Å². The molecule has 0 aliphatic heterocycles. The van der Waals surface area contributed by atoms with Gasteiger partial charge in [-0.05, 0) is 55.4 Å². The average Bonchev–Trinajstić information content (AvgIpc) is 3.17. The lowest BCUT2D eigenvalue weighted by Crippen LogP contribution is -2.35. The Morgan fingerprint density at radius 2 is 1.81 bits per heavy atom. The van der Waals surface area contributed by atoms with Gasteiger partial charge in [-0.25, -0.2) is 10.5 Å². The molecule has 0 fully saturated rings. The van der Waals surface area contributed by atoms with Gasteiger partial charge in [0.25, 0.3) is 0 Å². The largest absolute Gasteiger partial charge is 0.362 e. The minimum absolute atomic E-state index is 0.0470. The first-order chi connectivity index (χ1) is 15.6. The Balaban J connectivity index is 1.46. The van der Waals surface area contributed by atoms with E-state index in [0.717, 1.165) is 48.0 Å². The molecule has 0 aliphatic carbocycles. The number of rotatable bonds is 12. The third-order valence-corrected chi connectivity index (χ3v) is 6.71. The molecule has 0 aliphatic rings. The molecule has 2 aromatic carbocycles. The molecule has 168 valence electrons. The van der Waals surface area contributed by atoms with Gasteiger partial charge in [-0.3, -0.25) is 0 Å². The number of nitrogens with one attached hydrogen (secondary N) is 2. The summed E-state index contributed by atoms with van der Waals surface area (Å²) in [4.78, 5) is 4.68. The molecule has 0 saturated heterocycles. The summed E-state index contributed by atoms with van der Waals surface area (Å²) in [6.07, 6.45) is 5.26. The van der Waals surface area contributed by atoms with Crippen LogP contribution in [0.25, 0.3) is 5.57 Å². The zero-order chi connectivity index (χ0) is 22.8. The second-order valence-electron chi connectivity index (χ2n) is 7.99. The summed E-state index contributed by atoms with van der Waals surface area (Å²) in [6.45, 7) is 10.1. The van der Waals surface area contributed by atoms with E-state index in [1.165, 1.54) is 22.3 Å². The summed E-state index contributed by atoms with van der Waals surface area (Å²) in [5.41, 5.74) is 9.55. The Kier molecular flexibility index (Phi) is 9.53. The summed E-state index contributed by atoms with van der Waals surface area (Å²) < 4.78 is 7.11. The predicted octanol–water partition coefficient (Wildman–Crippen LogP) is 5.65. The Morgan fingerprint density at radius 3 is 2.56 bits per heavy atom. The first-order valence-corrected chi connectivity index (χ1v) is 12.3. The van der Waals surface area contributed by atoms with Crippen molar-refractivity contribution in [3.63, 3.8) is 0 Å². The maximum atomic E-state index is 5.96. The number of aromatic nitrogens is 1.